The van der Waals surface area contributed by atoms with Crippen molar-refractivity contribution in [1.82, 2.24) is 0 Å². The number of aliphatic hydroxyl groups is 1. The van der Waals surface area contributed by atoms with Gasteiger partial charge in [0.25, 0.3) is 0 Å². The van der Waals surface area contributed by atoms with Gasteiger partial charge in [0, 0.05) is 5.56 Å². The van der Waals surface area contributed by atoms with Crippen LogP contribution in [-0.2, 0) is 5.60 Å². The molecule has 0 spiro atoms. The second-order valence-electron chi connectivity index (χ2n) is 5.43. The number of hydrogen-bond acceptors (Lipinski definition) is 2. The highest BCUT2D eigenvalue weighted by Gasteiger charge is 2.50. The molecule has 1 aromatic carbocycles. The molecule has 1 aromatic rings. The minimum atomic E-state index is -1.69. The Labute approximate surface area is 111 Å². The summed E-state index contributed by atoms with van der Waals surface area (Å²) in [6.45, 7) is 1.42. The lowest BCUT2D eigenvalue weighted by Crippen LogP contribution is -2.44. The number of hydrogen-bond donors (Lipinski definition) is 1. The molecule has 0 amide bonds. The number of nitriles is 1. The zero-order valence-corrected chi connectivity index (χ0v) is 10.9. The van der Waals surface area contributed by atoms with Crippen LogP contribution in [0.3, 0.4) is 0 Å². The van der Waals surface area contributed by atoms with E-state index in [-0.39, 0.29) is 5.56 Å². The molecule has 0 bridgehead atoms. The summed E-state index contributed by atoms with van der Waals surface area (Å²) in [4.78, 5) is 0. The molecule has 2 nitrogen and oxygen atoms in total. The van der Waals surface area contributed by atoms with Crippen LogP contribution in [0.25, 0.3) is 0 Å². The Balaban J connectivity index is 2.51. The van der Waals surface area contributed by atoms with Crippen LogP contribution in [0.2, 0.25) is 0 Å². The molecule has 0 heterocycles. The minimum absolute atomic E-state index is 0.129. The lowest BCUT2D eigenvalue weighted by Gasteiger charge is -2.43. The monoisotopic (exact) mass is 265 g/mol. The van der Waals surface area contributed by atoms with Gasteiger partial charge in [0.15, 0.2) is 11.6 Å². The van der Waals surface area contributed by atoms with Gasteiger partial charge in [-0.2, -0.15) is 5.26 Å². The van der Waals surface area contributed by atoms with Gasteiger partial charge in [-0.1, -0.05) is 31.4 Å². The van der Waals surface area contributed by atoms with E-state index in [4.69, 9.17) is 0 Å². The van der Waals surface area contributed by atoms with Gasteiger partial charge >= 0.3 is 0 Å². The Hall–Kier alpha value is -1.47. The van der Waals surface area contributed by atoms with Crippen LogP contribution in [0.1, 0.15) is 44.6 Å². The van der Waals surface area contributed by atoms with Gasteiger partial charge in [0.2, 0.25) is 0 Å². The fourth-order valence-corrected chi connectivity index (χ4v) is 3.00. The maximum absolute atomic E-state index is 13.9. The Kier molecular flexibility index (Phi) is 3.60. The molecule has 0 radical (unpaired) electrons. The number of halogens is 2. The summed E-state index contributed by atoms with van der Waals surface area (Å²) in [6, 6.07) is 5.88. The van der Waals surface area contributed by atoms with Gasteiger partial charge in [-0.15, -0.1) is 0 Å². The van der Waals surface area contributed by atoms with Crippen molar-refractivity contribution in [3.8, 4) is 6.07 Å². The van der Waals surface area contributed by atoms with E-state index in [9.17, 15) is 19.1 Å². The van der Waals surface area contributed by atoms with Gasteiger partial charge in [0.05, 0.1) is 11.5 Å². The molecule has 1 atom stereocenters. The average Bonchev–Trinajstić information content (AvgIpc) is 2.42. The average molecular weight is 265 g/mol. The van der Waals surface area contributed by atoms with Crippen LogP contribution in [-0.4, -0.2) is 5.11 Å². The highest BCUT2D eigenvalue weighted by Crippen LogP contribution is 2.50. The second-order valence-corrected chi connectivity index (χ2v) is 5.43. The van der Waals surface area contributed by atoms with Crippen molar-refractivity contribution in [1.29, 1.82) is 5.26 Å². The Morgan fingerprint density at radius 1 is 1.26 bits per heavy atom. The van der Waals surface area contributed by atoms with Crippen LogP contribution >= 0.6 is 0 Å². The third-order valence-electron chi connectivity index (χ3n) is 4.33. The van der Waals surface area contributed by atoms with Crippen molar-refractivity contribution in [3.05, 3.63) is 35.4 Å². The van der Waals surface area contributed by atoms with Gasteiger partial charge in [0.1, 0.15) is 5.60 Å². The number of rotatable bonds is 2. The standard InChI is InChI=1S/C15H17F2NO/c1-14(19,11-6-5-7-12(16)13(11)17)15(10-18)8-3-2-4-9-15/h5-7,19H,2-4,8-9H2,1H3. The predicted octanol–water partition coefficient (Wildman–Crippen LogP) is 3.65. The molecule has 1 fully saturated rings. The smallest absolute Gasteiger partial charge is 0.164 e. The number of benzene rings is 1. The van der Waals surface area contributed by atoms with Crippen molar-refractivity contribution in [3.63, 3.8) is 0 Å². The molecule has 1 unspecified atom stereocenters. The number of nitrogens with zero attached hydrogens (tertiary/aromatic N) is 1. The van der Waals surface area contributed by atoms with Gasteiger partial charge in [-0.3, -0.25) is 0 Å². The van der Waals surface area contributed by atoms with Crippen molar-refractivity contribution < 1.29 is 13.9 Å². The van der Waals surface area contributed by atoms with E-state index in [1.165, 1.54) is 19.1 Å². The van der Waals surface area contributed by atoms with Crippen molar-refractivity contribution in [2.24, 2.45) is 5.41 Å². The van der Waals surface area contributed by atoms with Crippen LogP contribution in [0.4, 0.5) is 8.78 Å². The minimum Gasteiger partial charge on any atom is -0.384 e. The normalized spacial score (nSPS) is 21.4. The molecule has 4 heteroatoms. The van der Waals surface area contributed by atoms with Crippen molar-refractivity contribution in [2.45, 2.75) is 44.6 Å². The largest absolute Gasteiger partial charge is 0.384 e. The molecule has 0 aliphatic heterocycles. The Morgan fingerprint density at radius 2 is 1.89 bits per heavy atom. The zero-order chi connectivity index (χ0) is 14.1. The molecular weight excluding hydrogens is 248 g/mol. The van der Waals surface area contributed by atoms with Crippen molar-refractivity contribution in [2.75, 3.05) is 0 Å². The summed E-state index contributed by atoms with van der Waals surface area (Å²) >= 11 is 0. The Bertz CT molecular complexity index is 513. The first-order valence-electron chi connectivity index (χ1n) is 6.53. The van der Waals surface area contributed by atoms with Crippen LogP contribution in [0.15, 0.2) is 18.2 Å². The lowest BCUT2D eigenvalue weighted by molar-refractivity contribution is -0.0662. The molecule has 1 saturated carbocycles. The second kappa shape index (κ2) is 4.90. The lowest BCUT2D eigenvalue weighted by atomic mass is 9.62. The molecular formula is C15H17F2NO. The third-order valence-corrected chi connectivity index (χ3v) is 4.33. The van der Waals surface area contributed by atoms with E-state index >= 15 is 0 Å². The van der Waals surface area contributed by atoms with Gasteiger partial charge in [-0.05, 0) is 25.8 Å². The summed E-state index contributed by atoms with van der Waals surface area (Å²) < 4.78 is 27.3. The molecule has 1 aliphatic rings. The first-order valence-corrected chi connectivity index (χ1v) is 6.53. The highest BCUT2D eigenvalue weighted by atomic mass is 19.2. The van der Waals surface area contributed by atoms with Crippen LogP contribution in [0.5, 0.6) is 0 Å². The summed E-state index contributed by atoms with van der Waals surface area (Å²) in [5.41, 5.74) is -2.86. The quantitative estimate of drug-likeness (QED) is 0.887. The molecule has 1 N–H and O–H groups in total. The maximum Gasteiger partial charge on any atom is 0.164 e. The molecule has 2 rings (SSSR count). The highest BCUT2D eigenvalue weighted by molar-refractivity contribution is 5.30. The van der Waals surface area contributed by atoms with Gasteiger partial charge in [-0.25, -0.2) is 8.78 Å². The van der Waals surface area contributed by atoms with E-state index in [0.29, 0.717) is 12.8 Å². The molecule has 0 aromatic heterocycles. The summed E-state index contributed by atoms with van der Waals surface area (Å²) in [7, 11) is 0. The van der Waals surface area contributed by atoms with Crippen LogP contribution in [0, 0.1) is 28.4 Å². The van der Waals surface area contributed by atoms with Crippen molar-refractivity contribution >= 4 is 0 Å². The van der Waals surface area contributed by atoms with E-state index in [0.717, 1.165) is 25.3 Å². The molecule has 0 saturated heterocycles. The van der Waals surface area contributed by atoms with E-state index in [1.54, 1.807) is 0 Å². The predicted molar refractivity (Wildman–Crippen MR) is 67.1 cm³/mol. The summed E-state index contributed by atoms with van der Waals surface area (Å²) in [6.07, 6.45) is 3.66. The SMILES string of the molecule is CC(O)(c1cccc(F)c1F)C1(C#N)CCCCC1. The first-order chi connectivity index (χ1) is 8.94. The molecule has 19 heavy (non-hydrogen) atoms. The summed E-state index contributed by atoms with van der Waals surface area (Å²) in [5, 5.41) is 20.2. The maximum atomic E-state index is 13.9. The third kappa shape index (κ3) is 2.12. The van der Waals surface area contributed by atoms with E-state index in [1.807, 2.05) is 0 Å². The molecule has 102 valence electrons. The summed E-state index contributed by atoms with van der Waals surface area (Å²) in [5.74, 6) is -2.06. The van der Waals surface area contributed by atoms with E-state index < -0.39 is 22.7 Å². The topological polar surface area (TPSA) is 44.0 Å². The van der Waals surface area contributed by atoms with Gasteiger partial charge < -0.3 is 5.11 Å². The zero-order valence-electron chi connectivity index (χ0n) is 10.9. The fourth-order valence-electron chi connectivity index (χ4n) is 3.00. The molecule has 1 aliphatic carbocycles. The van der Waals surface area contributed by atoms with E-state index in [2.05, 4.69) is 6.07 Å². The fraction of sp³-hybridized carbons (Fsp3) is 0.533. The Morgan fingerprint density at radius 3 is 2.47 bits per heavy atom. The first kappa shape index (κ1) is 14.0. The van der Waals surface area contributed by atoms with Crippen LogP contribution < -0.4 is 0 Å².